The zero-order valence-electron chi connectivity index (χ0n) is 8.51. The summed E-state index contributed by atoms with van der Waals surface area (Å²) in [6.45, 7) is 1.95. The molecule has 15 heavy (non-hydrogen) atoms. The minimum Gasteiger partial charge on any atom is -0.508 e. The molecule has 0 amide bonds. The highest BCUT2D eigenvalue weighted by Crippen LogP contribution is 2.17. The lowest BCUT2D eigenvalue weighted by Crippen LogP contribution is -2.20. The highest BCUT2D eigenvalue weighted by atomic mass is 16.5. The first-order chi connectivity index (χ1) is 7.13. The summed E-state index contributed by atoms with van der Waals surface area (Å²) in [7, 11) is 0. The van der Waals surface area contributed by atoms with Crippen LogP contribution in [0.2, 0.25) is 0 Å². The molecule has 4 nitrogen and oxygen atoms in total. The van der Waals surface area contributed by atoms with E-state index in [1.807, 2.05) is 0 Å². The van der Waals surface area contributed by atoms with E-state index in [4.69, 9.17) is 14.9 Å². The molecule has 0 aliphatic carbocycles. The van der Waals surface area contributed by atoms with Crippen LogP contribution < -0.4 is 4.74 Å². The quantitative estimate of drug-likeness (QED) is 0.778. The number of carboxylic acid groups (broad SMARTS) is 1. The Bertz CT molecular complexity index is 318. The zero-order chi connectivity index (χ0) is 11.3. The van der Waals surface area contributed by atoms with Crippen molar-refractivity contribution in [1.29, 1.82) is 0 Å². The van der Waals surface area contributed by atoms with Crippen LogP contribution in [0.3, 0.4) is 0 Å². The summed E-state index contributed by atoms with van der Waals surface area (Å²) < 4.78 is 5.28. The monoisotopic (exact) mass is 210 g/mol. The fourth-order valence-corrected chi connectivity index (χ4v) is 1.10. The first-order valence-electron chi connectivity index (χ1n) is 4.78. The largest absolute Gasteiger partial charge is 0.508 e. The first-order valence-corrected chi connectivity index (χ1v) is 4.78. The van der Waals surface area contributed by atoms with Crippen LogP contribution in [0.1, 0.15) is 13.3 Å². The molecular formula is C11H14O4. The maximum Gasteiger partial charge on any atom is 0.309 e. The van der Waals surface area contributed by atoms with Crippen molar-refractivity contribution in [2.75, 3.05) is 6.61 Å². The molecule has 1 aromatic rings. The van der Waals surface area contributed by atoms with Gasteiger partial charge in [-0.25, -0.2) is 0 Å². The molecule has 0 spiro atoms. The van der Waals surface area contributed by atoms with E-state index in [2.05, 4.69) is 0 Å². The Balaban J connectivity index is 2.49. The topological polar surface area (TPSA) is 66.8 Å². The lowest BCUT2D eigenvalue weighted by Gasteiger charge is -2.11. The van der Waals surface area contributed by atoms with E-state index in [9.17, 15) is 4.79 Å². The molecule has 0 heterocycles. The van der Waals surface area contributed by atoms with Gasteiger partial charge in [0.1, 0.15) is 18.1 Å². The molecule has 4 heteroatoms. The Hall–Kier alpha value is -1.71. The van der Waals surface area contributed by atoms with Crippen molar-refractivity contribution in [3.63, 3.8) is 0 Å². The molecule has 82 valence electrons. The molecule has 1 unspecified atom stereocenters. The fourth-order valence-electron chi connectivity index (χ4n) is 1.10. The third-order valence-corrected chi connectivity index (χ3v) is 2.13. The van der Waals surface area contributed by atoms with Gasteiger partial charge in [-0.1, -0.05) is 6.92 Å². The molecule has 0 fully saturated rings. The third kappa shape index (κ3) is 3.50. The summed E-state index contributed by atoms with van der Waals surface area (Å²) in [6.07, 6.45) is 0.535. The van der Waals surface area contributed by atoms with Crippen molar-refractivity contribution >= 4 is 5.97 Å². The number of benzene rings is 1. The number of carbonyl (C=O) groups is 1. The second-order valence-corrected chi connectivity index (χ2v) is 3.25. The molecule has 1 rings (SSSR count). The van der Waals surface area contributed by atoms with Crippen molar-refractivity contribution in [1.82, 2.24) is 0 Å². The zero-order valence-corrected chi connectivity index (χ0v) is 8.51. The number of ether oxygens (including phenoxy) is 1. The predicted molar refractivity (Wildman–Crippen MR) is 55.0 cm³/mol. The average molecular weight is 210 g/mol. The predicted octanol–water partition coefficient (Wildman–Crippen LogP) is 1.88. The molecule has 0 saturated carbocycles. The molecule has 0 aromatic heterocycles. The van der Waals surface area contributed by atoms with Crippen molar-refractivity contribution in [3.8, 4) is 11.5 Å². The fraction of sp³-hybridized carbons (Fsp3) is 0.364. The van der Waals surface area contributed by atoms with E-state index in [0.29, 0.717) is 12.2 Å². The van der Waals surface area contributed by atoms with Crippen LogP contribution in [0.25, 0.3) is 0 Å². The number of rotatable bonds is 5. The van der Waals surface area contributed by atoms with Crippen LogP contribution >= 0.6 is 0 Å². The van der Waals surface area contributed by atoms with Gasteiger partial charge in [-0.15, -0.1) is 0 Å². The molecule has 1 atom stereocenters. The minimum absolute atomic E-state index is 0.149. The normalized spacial score (nSPS) is 12.1. The molecule has 0 aliphatic rings. The summed E-state index contributed by atoms with van der Waals surface area (Å²) in [6, 6.07) is 6.20. The van der Waals surface area contributed by atoms with E-state index in [1.165, 1.54) is 12.1 Å². The number of phenolic OH excluding ortho intramolecular Hbond substituents is 1. The van der Waals surface area contributed by atoms with Gasteiger partial charge in [0.05, 0.1) is 5.92 Å². The molecule has 1 aromatic carbocycles. The van der Waals surface area contributed by atoms with Crippen LogP contribution in [0.4, 0.5) is 0 Å². The Kier molecular flexibility index (Phi) is 3.97. The van der Waals surface area contributed by atoms with E-state index >= 15 is 0 Å². The Morgan fingerprint density at radius 1 is 1.40 bits per heavy atom. The lowest BCUT2D eigenvalue weighted by molar-refractivity contribution is -0.142. The van der Waals surface area contributed by atoms with Gasteiger partial charge in [-0.2, -0.15) is 0 Å². The van der Waals surface area contributed by atoms with Gasteiger partial charge < -0.3 is 14.9 Å². The molecule has 2 N–H and O–H groups in total. The van der Waals surface area contributed by atoms with Crippen molar-refractivity contribution in [2.24, 2.45) is 5.92 Å². The number of hydrogen-bond acceptors (Lipinski definition) is 3. The average Bonchev–Trinajstić information content (AvgIpc) is 2.21. The van der Waals surface area contributed by atoms with Crippen LogP contribution in [-0.4, -0.2) is 22.8 Å². The van der Waals surface area contributed by atoms with E-state index in [-0.39, 0.29) is 12.4 Å². The minimum atomic E-state index is -0.851. The van der Waals surface area contributed by atoms with Gasteiger partial charge in [0.25, 0.3) is 0 Å². The van der Waals surface area contributed by atoms with E-state index < -0.39 is 11.9 Å². The third-order valence-electron chi connectivity index (χ3n) is 2.13. The molecule has 0 bridgehead atoms. The van der Waals surface area contributed by atoms with Crippen LogP contribution in [-0.2, 0) is 4.79 Å². The Morgan fingerprint density at radius 3 is 2.47 bits per heavy atom. The van der Waals surface area contributed by atoms with Gasteiger partial charge in [0.15, 0.2) is 0 Å². The van der Waals surface area contributed by atoms with Crippen molar-refractivity contribution in [2.45, 2.75) is 13.3 Å². The summed E-state index contributed by atoms with van der Waals surface area (Å²) in [4.78, 5) is 10.7. The number of hydrogen-bond donors (Lipinski definition) is 2. The van der Waals surface area contributed by atoms with Gasteiger partial charge in [0, 0.05) is 0 Å². The van der Waals surface area contributed by atoms with Crippen LogP contribution in [0.15, 0.2) is 24.3 Å². The number of carboxylic acids is 1. The van der Waals surface area contributed by atoms with Gasteiger partial charge in [-0.3, -0.25) is 4.79 Å². The second-order valence-electron chi connectivity index (χ2n) is 3.25. The van der Waals surface area contributed by atoms with Gasteiger partial charge >= 0.3 is 5.97 Å². The summed E-state index contributed by atoms with van der Waals surface area (Å²) >= 11 is 0. The van der Waals surface area contributed by atoms with E-state index in [0.717, 1.165) is 0 Å². The Morgan fingerprint density at radius 2 is 2.00 bits per heavy atom. The smallest absolute Gasteiger partial charge is 0.309 e. The second kappa shape index (κ2) is 5.24. The molecule has 0 aliphatic heterocycles. The maximum absolute atomic E-state index is 10.7. The SMILES string of the molecule is CCC(COc1ccc(O)cc1)C(=O)O. The number of aromatic hydroxyl groups is 1. The Labute approximate surface area is 88.1 Å². The molecule has 0 radical (unpaired) electrons. The molecular weight excluding hydrogens is 196 g/mol. The highest BCUT2D eigenvalue weighted by molar-refractivity contribution is 5.70. The van der Waals surface area contributed by atoms with Gasteiger partial charge in [-0.05, 0) is 30.7 Å². The molecule has 0 saturated heterocycles. The van der Waals surface area contributed by atoms with Crippen molar-refractivity contribution < 1.29 is 19.7 Å². The van der Waals surface area contributed by atoms with Gasteiger partial charge in [0.2, 0.25) is 0 Å². The lowest BCUT2D eigenvalue weighted by atomic mass is 10.1. The van der Waals surface area contributed by atoms with Crippen LogP contribution in [0.5, 0.6) is 11.5 Å². The van der Waals surface area contributed by atoms with Crippen LogP contribution in [0, 0.1) is 5.92 Å². The summed E-state index contributed by atoms with van der Waals surface area (Å²) in [5, 5.41) is 17.8. The summed E-state index contributed by atoms with van der Waals surface area (Å²) in [5.74, 6) is -0.616. The number of phenols is 1. The standard InChI is InChI=1S/C11H14O4/c1-2-8(11(13)14)7-15-10-5-3-9(12)4-6-10/h3-6,8,12H,2,7H2,1H3,(H,13,14). The highest BCUT2D eigenvalue weighted by Gasteiger charge is 2.15. The first kappa shape index (κ1) is 11.4. The van der Waals surface area contributed by atoms with E-state index in [1.54, 1.807) is 19.1 Å². The number of aliphatic carboxylic acids is 1. The summed E-state index contributed by atoms with van der Waals surface area (Å²) in [5.41, 5.74) is 0. The maximum atomic E-state index is 10.7. The van der Waals surface area contributed by atoms with Crippen molar-refractivity contribution in [3.05, 3.63) is 24.3 Å².